The molecule has 236 valence electrons. The number of halogens is 1. The molecule has 2 N–H and O–H groups in total. The van der Waals surface area contributed by atoms with Crippen molar-refractivity contribution in [2.24, 2.45) is 17.8 Å². The van der Waals surface area contributed by atoms with Gasteiger partial charge in [0, 0.05) is 37.1 Å². The van der Waals surface area contributed by atoms with Crippen molar-refractivity contribution in [2.75, 3.05) is 38.2 Å². The predicted molar refractivity (Wildman–Crippen MR) is 172 cm³/mol. The second kappa shape index (κ2) is 12.1. The smallest absolute Gasteiger partial charge is 0.229 e. The Morgan fingerprint density at radius 1 is 1.18 bits per heavy atom. The topological polar surface area (TPSA) is 90.3 Å². The highest BCUT2D eigenvalue weighted by Crippen LogP contribution is 2.48. The van der Waals surface area contributed by atoms with E-state index in [0.717, 1.165) is 49.4 Å². The van der Waals surface area contributed by atoms with Crippen LogP contribution < -0.4 is 9.64 Å². The van der Waals surface area contributed by atoms with Crippen molar-refractivity contribution in [3.05, 3.63) is 70.3 Å². The fourth-order valence-corrected chi connectivity index (χ4v) is 8.42. The fraction of sp³-hybridized carbons (Fsp3) is 0.556. The van der Waals surface area contributed by atoms with Gasteiger partial charge in [-0.05, 0) is 105 Å². The largest absolute Gasteiger partial charge is 0.490 e. The molecule has 2 bridgehead atoms. The fourth-order valence-electron chi connectivity index (χ4n) is 8.23. The zero-order valence-electron chi connectivity index (χ0n) is 26.1. The van der Waals surface area contributed by atoms with Crippen LogP contribution in [0.2, 0.25) is 5.02 Å². The number of ether oxygens (including phenoxy) is 1. The summed E-state index contributed by atoms with van der Waals surface area (Å²) in [6.45, 7) is 5.56. The van der Waals surface area contributed by atoms with Gasteiger partial charge >= 0.3 is 0 Å². The standard InChI is InChI=1S/C36H45ClN2O5/c1-4-29-34(42)38(3)17-6-5-9-32(41)28-13-10-25(28)20-39-21-35(16-7-8-24-18-27(37)12-14-30(24)35)22-44-33-15-11-26(19-31(33)39)36(29,43)23(2)40/h5,9,11-12,14-15,18-19,25,28-29,32,41,43H,4,6-8,10,13,16-17,20-22H2,1-3H3/b9-5+/t25-,28+,29-,32-,35-,36-/m0/s1. The van der Waals surface area contributed by atoms with Crippen molar-refractivity contribution in [3.63, 3.8) is 0 Å². The van der Waals surface area contributed by atoms with E-state index in [1.165, 1.54) is 18.1 Å². The second-order valence-corrected chi connectivity index (χ2v) is 14.0. The summed E-state index contributed by atoms with van der Waals surface area (Å²) in [5.41, 5.74) is 1.50. The lowest BCUT2D eigenvalue weighted by Crippen LogP contribution is -2.50. The van der Waals surface area contributed by atoms with E-state index in [2.05, 4.69) is 17.0 Å². The Balaban J connectivity index is 1.49. The van der Waals surface area contributed by atoms with E-state index >= 15 is 0 Å². The lowest BCUT2D eigenvalue weighted by molar-refractivity contribution is -0.156. The number of hydrogen-bond acceptors (Lipinski definition) is 6. The molecule has 0 aromatic heterocycles. The highest BCUT2D eigenvalue weighted by Gasteiger charge is 2.49. The van der Waals surface area contributed by atoms with E-state index in [9.17, 15) is 19.8 Å². The van der Waals surface area contributed by atoms with Crippen molar-refractivity contribution in [1.29, 1.82) is 0 Å². The summed E-state index contributed by atoms with van der Waals surface area (Å²) in [7, 11) is 1.71. The molecule has 1 spiro atoms. The number of amides is 1. The van der Waals surface area contributed by atoms with Crippen LogP contribution in [0.15, 0.2) is 48.6 Å². The summed E-state index contributed by atoms with van der Waals surface area (Å²) in [5, 5.41) is 24.1. The number of carbonyl (C=O) groups is 2. The van der Waals surface area contributed by atoms with Crippen LogP contribution in [-0.2, 0) is 27.0 Å². The van der Waals surface area contributed by atoms with E-state index in [-0.39, 0.29) is 23.2 Å². The number of aryl methyl sites for hydroxylation is 1. The summed E-state index contributed by atoms with van der Waals surface area (Å²) in [6.07, 6.45) is 9.12. The van der Waals surface area contributed by atoms with Gasteiger partial charge in [0.15, 0.2) is 11.4 Å². The highest BCUT2D eigenvalue weighted by molar-refractivity contribution is 6.30. The summed E-state index contributed by atoms with van der Waals surface area (Å²) in [4.78, 5) is 31.0. The van der Waals surface area contributed by atoms with Crippen LogP contribution in [0.25, 0.3) is 0 Å². The molecule has 1 saturated carbocycles. The van der Waals surface area contributed by atoms with E-state index < -0.39 is 23.4 Å². The molecule has 4 aliphatic rings. The molecule has 6 atom stereocenters. The highest BCUT2D eigenvalue weighted by atomic mass is 35.5. The number of fused-ring (bicyclic) bond motifs is 4. The van der Waals surface area contributed by atoms with Crippen molar-refractivity contribution in [1.82, 2.24) is 4.90 Å². The van der Waals surface area contributed by atoms with Gasteiger partial charge in [-0.1, -0.05) is 42.8 Å². The molecular weight excluding hydrogens is 576 g/mol. The first-order chi connectivity index (χ1) is 21.1. The zero-order valence-corrected chi connectivity index (χ0v) is 26.9. The third-order valence-electron chi connectivity index (χ3n) is 10.9. The molecule has 8 heteroatoms. The average molecular weight is 621 g/mol. The lowest BCUT2D eigenvalue weighted by atomic mass is 9.68. The molecule has 2 heterocycles. The summed E-state index contributed by atoms with van der Waals surface area (Å²) < 4.78 is 6.64. The number of hydrogen-bond donors (Lipinski definition) is 2. The summed E-state index contributed by atoms with van der Waals surface area (Å²) in [5.74, 6) is -0.549. The molecule has 0 radical (unpaired) electrons. The van der Waals surface area contributed by atoms with Gasteiger partial charge in [-0.3, -0.25) is 9.59 Å². The average Bonchev–Trinajstić information content (AvgIpc) is 3.13. The van der Waals surface area contributed by atoms with Crippen molar-refractivity contribution >= 4 is 29.0 Å². The van der Waals surface area contributed by atoms with Gasteiger partial charge in [0.05, 0.1) is 24.3 Å². The maximum atomic E-state index is 13.7. The second-order valence-electron chi connectivity index (χ2n) is 13.5. The van der Waals surface area contributed by atoms with Gasteiger partial charge < -0.3 is 24.7 Å². The quantitative estimate of drug-likeness (QED) is 0.436. The number of nitrogens with zero attached hydrogens (tertiary/aromatic N) is 2. The monoisotopic (exact) mass is 620 g/mol. The molecule has 2 aromatic carbocycles. The van der Waals surface area contributed by atoms with Gasteiger partial charge in [-0.2, -0.15) is 0 Å². The predicted octanol–water partition coefficient (Wildman–Crippen LogP) is 5.42. The molecular formula is C36H45ClN2O5. The molecule has 1 amide bonds. The van der Waals surface area contributed by atoms with Gasteiger partial charge in [0.25, 0.3) is 0 Å². The van der Waals surface area contributed by atoms with E-state index in [0.29, 0.717) is 43.9 Å². The van der Waals surface area contributed by atoms with E-state index in [4.69, 9.17) is 16.3 Å². The van der Waals surface area contributed by atoms with Gasteiger partial charge in [-0.15, -0.1) is 0 Å². The van der Waals surface area contributed by atoms with Crippen LogP contribution in [0, 0.1) is 17.8 Å². The molecule has 6 rings (SSSR count). The Morgan fingerprint density at radius 3 is 2.73 bits per heavy atom. The van der Waals surface area contributed by atoms with Crippen LogP contribution in [0.1, 0.15) is 69.1 Å². The van der Waals surface area contributed by atoms with Crippen molar-refractivity contribution in [3.8, 4) is 5.75 Å². The number of Topliss-reactive ketones (excluding diaryl/α,β-unsaturated/α-hetero) is 1. The SMILES string of the molecule is CC[C@H]1C(=O)N(C)CC/C=C/[C@H](O)[C@@H]2CC[C@H]2CN2C[C@@]3(CCCc4cc(Cl)ccc43)COc3ccc(cc32)[C@@]1(O)C(C)=O. The minimum atomic E-state index is -1.99. The van der Waals surface area contributed by atoms with Gasteiger partial charge in [0.1, 0.15) is 5.75 Å². The number of rotatable bonds is 2. The first kappa shape index (κ1) is 31.1. The van der Waals surface area contributed by atoms with Crippen LogP contribution >= 0.6 is 11.6 Å². The van der Waals surface area contributed by atoms with Crippen LogP contribution in [0.5, 0.6) is 5.75 Å². The van der Waals surface area contributed by atoms with Crippen molar-refractivity contribution in [2.45, 2.75) is 75.9 Å². The third-order valence-corrected chi connectivity index (χ3v) is 11.2. The number of aliphatic hydroxyl groups is 2. The molecule has 2 aliphatic carbocycles. The van der Waals surface area contributed by atoms with E-state index in [1.54, 1.807) is 18.0 Å². The first-order valence-corrected chi connectivity index (χ1v) is 16.6. The van der Waals surface area contributed by atoms with Crippen molar-refractivity contribution < 1.29 is 24.5 Å². The first-order valence-electron chi connectivity index (χ1n) is 16.2. The zero-order chi connectivity index (χ0) is 31.2. The molecule has 0 unspecified atom stereocenters. The Morgan fingerprint density at radius 2 is 2.00 bits per heavy atom. The van der Waals surface area contributed by atoms with Gasteiger partial charge in [0.2, 0.25) is 5.91 Å². The minimum Gasteiger partial charge on any atom is -0.490 e. The van der Waals surface area contributed by atoms with E-state index in [1.807, 2.05) is 37.3 Å². The Hall–Kier alpha value is -2.87. The van der Waals surface area contributed by atoms with Gasteiger partial charge in [-0.25, -0.2) is 0 Å². The molecule has 7 nitrogen and oxygen atoms in total. The Bertz CT molecular complexity index is 1460. The molecule has 44 heavy (non-hydrogen) atoms. The minimum absolute atomic E-state index is 0.140. The van der Waals surface area contributed by atoms with Crippen LogP contribution in [0.3, 0.4) is 0 Å². The molecule has 0 saturated heterocycles. The molecule has 2 aliphatic heterocycles. The Labute approximate surface area is 265 Å². The maximum absolute atomic E-state index is 13.7. The lowest BCUT2D eigenvalue weighted by Gasteiger charge is -2.45. The van der Waals surface area contributed by atoms with Crippen LogP contribution in [0.4, 0.5) is 5.69 Å². The Kier molecular flexibility index (Phi) is 8.59. The maximum Gasteiger partial charge on any atom is 0.229 e. The normalized spacial score (nSPS) is 33.0. The summed E-state index contributed by atoms with van der Waals surface area (Å²) >= 11 is 6.42. The molecule has 2 aromatic rings. The number of anilines is 1. The molecule has 1 fully saturated rings. The van der Waals surface area contributed by atoms with Crippen LogP contribution in [-0.4, -0.2) is 66.2 Å². The number of carbonyl (C=O) groups excluding carboxylic acids is 2. The number of ketones is 1. The summed E-state index contributed by atoms with van der Waals surface area (Å²) in [6, 6.07) is 11.7. The third kappa shape index (κ3) is 5.35. The number of benzene rings is 2. The number of aliphatic hydroxyl groups excluding tert-OH is 1.